The van der Waals surface area contributed by atoms with Crippen molar-refractivity contribution in [2.75, 3.05) is 20.2 Å². The molecule has 1 saturated heterocycles. The van der Waals surface area contributed by atoms with E-state index in [0.717, 1.165) is 5.56 Å². The van der Waals surface area contributed by atoms with Gasteiger partial charge in [-0.1, -0.05) is 28.9 Å². The van der Waals surface area contributed by atoms with Crippen LogP contribution in [-0.2, 0) is 29.1 Å². The highest BCUT2D eigenvalue weighted by molar-refractivity contribution is 6.30. The van der Waals surface area contributed by atoms with Crippen LogP contribution in [0.1, 0.15) is 17.3 Å². The third-order valence-corrected chi connectivity index (χ3v) is 4.30. The molecule has 0 aliphatic carbocycles. The molecule has 0 spiro atoms. The summed E-state index contributed by atoms with van der Waals surface area (Å²) in [7, 11) is 1.56. The average molecular weight is 351 g/mol. The van der Waals surface area contributed by atoms with Gasteiger partial charge in [-0.15, -0.1) is 0 Å². The Morgan fingerprint density at radius 1 is 1.42 bits per heavy atom. The van der Waals surface area contributed by atoms with Crippen molar-refractivity contribution in [3.8, 4) is 0 Å². The van der Waals surface area contributed by atoms with Gasteiger partial charge < -0.3 is 19.9 Å². The molecule has 0 saturated carbocycles. The van der Waals surface area contributed by atoms with E-state index in [1.807, 2.05) is 24.3 Å². The Kier molecular flexibility index (Phi) is 5.13. The van der Waals surface area contributed by atoms with E-state index in [1.165, 1.54) is 0 Å². The summed E-state index contributed by atoms with van der Waals surface area (Å²) in [6.45, 7) is 1.76. The summed E-state index contributed by atoms with van der Waals surface area (Å²) in [4.78, 5) is 16.8. The Labute approximate surface area is 144 Å². The first-order chi connectivity index (χ1) is 11.6. The van der Waals surface area contributed by atoms with Crippen LogP contribution in [0.5, 0.6) is 0 Å². The number of methoxy groups -OCH3 is 1. The Balaban J connectivity index is 1.60. The molecule has 3 rings (SSSR count). The standard InChI is InChI=1S/C16H19ClN4O3/c1-23-8-13-20-14(24-21-13)7-19-15(22)16(9-18-10-16)6-11-2-4-12(17)5-3-11/h2-5,18H,6-10H2,1H3,(H,19,22). The van der Waals surface area contributed by atoms with Gasteiger partial charge in [-0.25, -0.2) is 0 Å². The fourth-order valence-electron chi connectivity index (χ4n) is 2.68. The van der Waals surface area contributed by atoms with Crippen LogP contribution in [0.2, 0.25) is 5.02 Å². The molecular weight excluding hydrogens is 332 g/mol. The minimum absolute atomic E-state index is 0.0253. The van der Waals surface area contributed by atoms with Crippen LogP contribution in [0.25, 0.3) is 0 Å². The molecule has 1 aliphatic heterocycles. The van der Waals surface area contributed by atoms with Gasteiger partial charge in [0.15, 0.2) is 5.82 Å². The van der Waals surface area contributed by atoms with Crippen molar-refractivity contribution < 1.29 is 14.1 Å². The van der Waals surface area contributed by atoms with E-state index in [1.54, 1.807) is 7.11 Å². The lowest BCUT2D eigenvalue weighted by molar-refractivity contribution is -0.134. The first kappa shape index (κ1) is 16.9. The van der Waals surface area contributed by atoms with Gasteiger partial charge in [0.1, 0.15) is 6.61 Å². The zero-order valence-corrected chi connectivity index (χ0v) is 14.1. The Hall–Kier alpha value is -1.96. The first-order valence-corrected chi connectivity index (χ1v) is 8.03. The topological polar surface area (TPSA) is 89.3 Å². The minimum Gasteiger partial charge on any atom is -0.377 e. The highest BCUT2D eigenvalue weighted by Crippen LogP contribution is 2.28. The maximum absolute atomic E-state index is 12.6. The largest absolute Gasteiger partial charge is 0.377 e. The Morgan fingerprint density at radius 3 is 2.79 bits per heavy atom. The molecule has 0 bridgehead atoms. The van der Waals surface area contributed by atoms with Crippen molar-refractivity contribution in [2.45, 2.75) is 19.6 Å². The van der Waals surface area contributed by atoms with Crippen molar-refractivity contribution in [1.29, 1.82) is 0 Å². The number of benzene rings is 1. The van der Waals surface area contributed by atoms with Crippen molar-refractivity contribution in [2.24, 2.45) is 5.41 Å². The molecule has 0 radical (unpaired) electrons. The summed E-state index contributed by atoms with van der Waals surface area (Å²) in [6.07, 6.45) is 0.655. The number of carbonyl (C=O) groups is 1. The molecule has 2 heterocycles. The van der Waals surface area contributed by atoms with E-state index >= 15 is 0 Å². The van der Waals surface area contributed by atoms with Crippen molar-refractivity contribution in [3.05, 3.63) is 46.6 Å². The summed E-state index contributed by atoms with van der Waals surface area (Å²) < 4.78 is 10.0. The first-order valence-electron chi connectivity index (χ1n) is 7.65. The number of hydrogen-bond donors (Lipinski definition) is 2. The number of amides is 1. The lowest BCUT2D eigenvalue weighted by Gasteiger charge is -2.41. The molecule has 1 fully saturated rings. The Morgan fingerprint density at radius 2 is 2.17 bits per heavy atom. The summed E-state index contributed by atoms with van der Waals surface area (Å²) in [5.74, 6) is 0.801. The minimum atomic E-state index is -0.455. The predicted molar refractivity (Wildman–Crippen MR) is 87.3 cm³/mol. The number of aromatic nitrogens is 2. The lowest BCUT2D eigenvalue weighted by Crippen LogP contribution is -2.62. The molecule has 8 heteroatoms. The number of carbonyl (C=O) groups excluding carboxylic acids is 1. The van der Waals surface area contributed by atoms with E-state index in [0.29, 0.717) is 36.2 Å². The maximum atomic E-state index is 12.6. The van der Waals surface area contributed by atoms with Crippen LogP contribution in [-0.4, -0.2) is 36.2 Å². The quantitative estimate of drug-likeness (QED) is 0.782. The van der Waals surface area contributed by atoms with Gasteiger partial charge in [0.05, 0.1) is 12.0 Å². The van der Waals surface area contributed by atoms with Crippen LogP contribution in [0, 0.1) is 5.41 Å². The summed E-state index contributed by atoms with van der Waals surface area (Å²) in [5.41, 5.74) is 0.625. The molecule has 2 N–H and O–H groups in total. The van der Waals surface area contributed by atoms with Gasteiger partial charge in [0, 0.05) is 25.2 Å². The number of rotatable bonds is 7. The third-order valence-electron chi connectivity index (χ3n) is 4.05. The molecule has 7 nitrogen and oxygen atoms in total. The number of halogens is 1. The molecule has 0 unspecified atom stereocenters. The average Bonchev–Trinajstić information content (AvgIpc) is 2.98. The molecular formula is C16H19ClN4O3. The molecule has 128 valence electrons. The van der Waals surface area contributed by atoms with Crippen molar-refractivity contribution >= 4 is 17.5 Å². The number of ether oxygens (including phenoxy) is 1. The van der Waals surface area contributed by atoms with Crippen LogP contribution in [0.3, 0.4) is 0 Å². The van der Waals surface area contributed by atoms with E-state index in [4.69, 9.17) is 20.9 Å². The van der Waals surface area contributed by atoms with Crippen LogP contribution in [0.15, 0.2) is 28.8 Å². The second kappa shape index (κ2) is 7.29. The highest BCUT2D eigenvalue weighted by atomic mass is 35.5. The van der Waals surface area contributed by atoms with Gasteiger partial charge in [0.25, 0.3) is 0 Å². The van der Waals surface area contributed by atoms with Gasteiger partial charge in [-0.05, 0) is 24.1 Å². The van der Waals surface area contributed by atoms with E-state index in [-0.39, 0.29) is 19.1 Å². The molecule has 24 heavy (non-hydrogen) atoms. The van der Waals surface area contributed by atoms with E-state index in [9.17, 15) is 4.79 Å². The van der Waals surface area contributed by atoms with Gasteiger partial charge >= 0.3 is 0 Å². The number of nitrogens with one attached hydrogen (secondary N) is 2. The predicted octanol–water partition coefficient (Wildman–Crippen LogP) is 1.32. The zero-order chi connectivity index (χ0) is 17.0. The van der Waals surface area contributed by atoms with E-state index < -0.39 is 5.41 Å². The van der Waals surface area contributed by atoms with E-state index in [2.05, 4.69) is 20.8 Å². The van der Waals surface area contributed by atoms with Crippen LogP contribution < -0.4 is 10.6 Å². The summed E-state index contributed by atoms with van der Waals surface area (Å²) in [5, 5.41) is 10.5. The SMILES string of the molecule is COCc1noc(CNC(=O)C2(Cc3ccc(Cl)cc3)CNC2)n1. The van der Waals surface area contributed by atoms with Crippen molar-refractivity contribution in [1.82, 2.24) is 20.8 Å². The fraction of sp³-hybridized carbons (Fsp3) is 0.438. The molecule has 2 aromatic rings. The molecule has 0 atom stereocenters. The Bertz CT molecular complexity index is 698. The molecule has 1 aromatic carbocycles. The summed E-state index contributed by atoms with van der Waals surface area (Å²) >= 11 is 5.91. The second-order valence-corrected chi connectivity index (χ2v) is 6.34. The van der Waals surface area contributed by atoms with Gasteiger partial charge in [-0.3, -0.25) is 4.79 Å². The highest BCUT2D eigenvalue weighted by Gasteiger charge is 2.44. The normalized spacial score (nSPS) is 15.8. The van der Waals surface area contributed by atoms with Crippen LogP contribution >= 0.6 is 11.6 Å². The van der Waals surface area contributed by atoms with Crippen molar-refractivity contribution in [3.63, 3.8) is 0 Å². The third kappa shape index (κ3) is 3.75. The molecule has 1 amide bonds. The fourth-order valence-corrected chi connectivity index (χ4v) is 2.80. The maximum Gasteiger partial charge on any atom is 0.246 e. The van der Waals surface area contributed by atoms with Gasteiger partial charge in [-0.2, -0.15) is 4.98 Å². The smallest absolute Gasteiger partial charge is 0.246 e. The van der Waals surface area contributed by atoms with Gasteiger partial charge in [0.2, 0.25) is 11.8 Å². The monoisotopic (exact) mass is 350 g/mol. The molecule has 1 aromatic heterocycles. The second-order valence-electron chi connectivity index (χ2n) is 5.91. The number of hydrogen-bond acceptors (Lipinski definition) is 6. The van der Waals surface area contributed by atoms with Crippen LogP contribution in [0.4, 0.5) is 0 Å². The summed E-state index contributed by atoms with van der Waals surface area (Å²) in [6, 6.07) is 7.57. The number of nitrogens with zero attached hydrogens (tertiary/aromatic N) is 2. The zero-order valence-electron chi connectivity index (χ0n) is 13.3. The molecule has 1 aliphatic rings. The lowest BCUT2D eigenvalue weighted by atomic mass is 9.75.